The molecule has 0 aromatic heterocycles. The van der Waals surface area contributed by atoms with Crippen LogP contribution in [0.4, 0.5) is 0 Å². The van der Waals surface area contributed by atoms with Crippen molar-refractivity contribution in [3.63, 3.8) is 0 Å². The molecule has 0 spiro atoms. The Kier molecular flexibility index (Phi) is 4.78. The van der Waals surface area contributed by atoms with Crippen LogP contribution in [0.15, 0.2) is 18.2 Å². The number of carbonyl (C=O) groups is 1. The van der Waals surface area contributed by atoms with Crippen LogP contribution in [0.5, 0.6) is 11.5 Å². The third-order valence-electron chi connectivity index (χ3n) is 2.31. The number of rotatable bonds is 6. The highest BCUT2D eigenvalue weighted by molar-refractivity contribution is 5.68. The molecule has 0 radical (unpaired) electrons. The average Bonchev–Trinajstić information content (AvgIpc) is 2.28. The molecule has 0 bridgehead atoms. The standard InChI is InChI=1S/C12H17NO4/c1-3-17-11-6-8(4-5-10(11)16-2)9(13)7-12(14)15/h4-6,9H,3,7,13H2,1-2H3,(H,14,15)/t9-/m1/s1. The van der Waals surface area contributed by atoms with Gasteiger partial charge in [-0.05, 0) is 24.6 Å². The molecular weight excluding hydrogens is 222 g/mol. The molecule has 0 saturated carbocycles. The Morgan fingerprint density at radius 3 is 2.71 bits per heavy atom. The molecule has 0 heterocycles. The van der Waals surface area contributed by atoms with Crippen LogP contribution in [0.25, 0.3) is 0 Å². The molecule has 3 N–H and O–H groups in total. The van der Waals surface area contributed by atoms with Crippen LogP contribution in [0, 0.1) is 0 Å². The van der Waals surface area contributed by atoms with Gasteiger partial charge in [0.15, 0.2) is 11.5 Å². The molecule has 0 aliphatic carbocycles. The van der Waals surface area contributed by atoms with E-state index in [0.29, 0.717) is 18.1 Å². The first-order chi connectivity index (χ1) is 8.08. The summed E-state index contributed by atoms with van der Waals surface area (Å²) in [7, 11) is 1.55. The van der Waals surface area contributed by atoms with Crippen LogP contribution in [-0.2, 0) is 4.79 Å². The molecule has 0 unspecified atom stereocenters. The van der Waals surface area contributed by atoms with Gasteiger partial charge in [-0.15, -0.1) is 0 Å². The first kappa shape index (κ1) is 13.3. The third-order valence-corrected chi connectivity index (χ3v) is 2.31. The molecule has 5 heteroatoms. The molecular formula is C12H17NO4. The summed E-state index contributed by atoms with van der Waals surface area (Å²) in [6, 6.07) is 4.64. The van der Waals surface area contributed by atoms with Crippen molar-refractivity contribution in [1.29, 1.82) is 0 Å². The molecule has 1 aromatic rings. The number of carboxylic acid groups (broad SMARTS) is 1. The van der Waals surface area contributed by atoms with Crippen molar-refractivity contribution in [2.45, 2.75) is 19.4 Å². The minimum absolute atomic E-state index is 0.113. The van der Waals surface area contributed by atoms with E-state index in [4.69, 9.17) is 20.3 Å². The zero-order valence-corrected chi connectivity index (χ0v) is 9.97. The fourth-order valence-electron chi connectivity index (χ4n) is 1.50. The summed E-state index contributed by atoms with van der Waals surface area (Å²) >= 11 is 0. The van der Waals surface area contributed by atoms with Gasteiger partial charge in [-0.1, -0.05) is 6.07 Å². The summed E-state index contributed by atoms with van der Waals surface area (Å²) in [5.74, 6) is 0.262. The molecule has 17 heavy (non-hydrogen) atoms. The van der Waals surface area contributed by atoms with Gasteiger partial charge in [-0.25, -0.2) is 0 Å². The van der Waals surface area contributed by atoms with Gasteiger partial charge in [0.25, 0.3) is 0 Å². The molecule has 0 aliphatic rings. The van der Waals surface area contributed by atoms with Gasteiger partial charge in [0, 0.05) is 6.04 Å². The lowest BCUT2D eigenvalue weighted by molar-refractivity contribution is -0.137. The first-order valence-electron chi connectivity index (χ1n) is 5.36. The number of hydrogen-bond donors (Lipinski definition) is 2. The van der Waals surface area contributed by atoms with Gasteiger partial charge >= 0.3 is 5.97 Å². The Hall–Kier alpha value is -1.75. The van der Waals surface area contributed by atoms with E-state index in [-0.39, 0.29) is 6.42 Å². The van der Waals surface area contributed by atoms with Crippen molar-refractivity contribution < 1.29 is 19.4 Å². The van der Waals surface area contributed by atoms with E-state index in [2.05, 4.69) is 0 Å². The second-order valence-corrected chi connectivity index (χ2v) is 3.55. The predicted molar refractivity (Wildman–Crippen MR) is 63.3 cm³/mol. The van der Waals surface area contributed by atoms with E-state index in [1.165, 1.54) is 0 Å². The van der Waals surface area contributed by atoms with E-state index in [9.17, 15) is 4.79 Å². The van der Waals surface area contributed by atoms with Crippen LogP contribution in [0.1, 0.15) is 24.9 Å². The predicted octanol–water partition coefficient (Wildman–Crippen LogP) is 1.57. The summed E-state index contributed by atoms with van der Waals surface area (Å²) in [6.07, 6.45) is -0.113. The normalized spacial score (nSPS) is 11.9. The summed E-state index contributed by atoms with van der Waals surface area (Å²) in [6.45, 7) is 2.37. The van der Waals surface area contributed by atoms with Crippen LogP contribution >= 0.6 is 0 Å². The lowest BCUT2D eigenvalue weighted by Gasteiger charge is -2.14. The Labute approximate surface area is 100 Å². The van der Waals surface area contributed by atoms with E-state index in [1.54, 1.807) is 25.3 Å². The zero-order chi connectivity index (χ0) is 12.8. The Morgan fingerprint density at radius 2 is 2.18 bits per heavy atom. The molecule has 0 saturated heterocycles. The van der Waals surface area contributed by atoms with E-state index < -0.39 is 12.0 Å². The fraction of sp³-hybridized carbons (Fsp3) is 0.417. The maximum Gasteiger partial charge on any atom is 0.305 e. The quantitative estimate of drug-likeness (QED) is 0.787. The van der Waals surface area contributed by atoms with Crippen molar-refractivity contribution in [3.8, 4) is 11.5 Å². The van der Waals surface area contributed by atoms with E-state index in [1.807, 2.05) is 6.92 Å². The minimum atomic E-state index is -0.925. The van der Waals surface area contributed by atoms with Crippen LogP contribution in [-0.4, -0.2) is 24.8 Å². The molecule has 5 nitrogen and oxygen atoms in total. The first-order valence-corrected chi connectivity index (χ1v) is 5.36. The Balaban J connectivity index is 2.94. The van der Waals surface area contributed by atoms with E-state index in [0.717, 1.165) is 5.56 Å². The number of hydrogen-bond acceptors (Lipinski definition) is 4. The zero-order valence-electron chi connectivity index (χ0n) is 9.97. The topological polar surface area (TPSA) is 81.8 Å². The average molecular weight is 239 g/mol. The largest absolute Gasteiger partial charge is 0.493 e. The number of aliphatic carboxylic acids is 1. The van der Waals surface area contributed by atoms with Crippen molar-refractivity contribution in [2.75, 3.05) is 13.7 Å². The summed E-state index contributed by atoms with van der Waals surface area (Å²) in [5, 5.41) is 8.68. The lowest BCUT2D eigenvalue weighted by Crippen LogP contribution is -2.15. The molecule has 1 rings (SSSR count). The second-order valence-electron chi connectivity index (χ2n) is 3.55. The van der Waals surface area contributed by atoms with Crippen molar-refractivity contribution >= 4 is 5.97 Å². The summed E-state index contributed by atoms with van der Waals surface area (Å²) in [5.41, 5.74) is 6.49. The number of methoxy groups -OCH3 is 1. The number of carboxylic acids is 1. The monoisotopic (exact) mass is 239 g/mol. The van der Waals surface area contributed by atoms with Gasteiger partial charge in [-0.2, -0.15) is 0 Å². The molecule has 0 amide bonds. The highest BCUT2D eigenvalue weighted by atomic mass is 16.5. The highest BCUT2D eigenvalue weighted by Gasteiger charge is 2.13. The molecule has 0 fully saturated rings. The Bertz CT molecular complexity index is 392. The number of ether oxygens (including phenoxy) is 2. The van der Waals surface area contributed by atoms with Gasteiger partial charge in [0.2, 0.25) is 0 Å². The van der Waals surface area contributed by atoms with Crippen molar-refractivity contribution in [3.05, 3.63) is 23.8 Å². The number of nitrogens with two attached hydrogens (primary N) is 1. The van der Waals surface area contributed by atoms with Crippen LogP contribution < -0.4 is 15.2 Å². The molecule has 94 valence electrons. The highest BCUT2D eigenvalue weighted by Crippen LogP contribution is 2.30. The molecule has 1 aromatic carbocycles. The summed E-state index contributed by atoms with van der Waals surface area (Å²) in [4.78, 5) is 10.6. The third kappa shape index (κ3) is 3.64. The maximum absolute atomic E-state index is 10.6. The molecule has 0 aliphatic heterocycles. The smallest absolute Gasteiger partial charge is 0.305 e. The van der Waals surface area contributed by atoms with Gasteiger partial charge < -0.3 is 20.3 Å². The van der Waals surface area contributed by atoms with Gasteiger partial charge in [0.05, 0.1) is 20.1 Å². The fourth-order valence-corrected chi connectivity index (χ4v) is 1.50. The van der Waals surface area contributed by atoms with Gasteiger partial charge in [0.1, 0.15) is 0 Å². The van der Waals surface area contributed by atoms with Crippen LogP contribution in [0.2, 0.25) is 0 Å². The number of benzene rings is 1. The van der Waals surface area contributed by atoms with Crippen LogP contribution in [0.3, 0.4) is 0 Å². The second kappa shape index (κ2) is 6.10. The van der Waals surface area contributed by atoms with E-state index >= 15 is 0 Å². The van der Waals surface area contributed by atoms with Gasteiger partial charge in [-0.3, -0.25) is 4.79 Å². The molecule has 1 atom stereocenters. The summed E-state index contributed by atoms with van der Waals surface area (Å²) < 4.78 is 10.5. The Morgan fingerprint density at radius 1 is 1.47 bits per heavy atom. The van der Waals surface area contributed by atoms with Crippen molar-refractivity contribution in [2.24, 2.45) is 5.73 Å². The SMILES string of the molecule is CCOc1cc([C@H](N)CC(=O)O)ccc1OC. The lowest BCUT2D eigenvalue weighted by atomic mass is 10.0. The van der Waals surface area contributed by atoms with Crippen molar-refractivity contribution in [1.82, 2.24) is 0 Å². The maximum atomic E-state index is 10.6. The minimum Gasteiger partial charge on any atom is -0.493 e.